The maximum atomic E-state index is 11.7. The molecule has 4 rings (SSSR count). The Morgan fingerprint density at radius 1 is 1.23 bits per heavy atom. The molecule has 4 atom stereocenters. The highest BCUT2D eigenvalue weighted by molar-refractivity contribution is 5.66. The van der Waals surface area contributed by atoms with Crippen LogP contribution in [0.3, 0.4) is 0 Å². The summed E-state index contributed by atoms with van der Waals surface area (Å²) in [5.74, 6) is 1.90. The number of aliphatic hydroxyl groups excluding tert-OH is 2. The van der Waals surface area contributed by atoms with Crippen molar-refractivity contribution in [3.63, 3.8) is 0 Å². The maximum absolute atomic E-state index is 11.7. The van der Waals surface area contributed by atoms with Crippen molar-refractivity contribution < 1.29 is 20.1 Å². The number of amides is 1. The molecule has 0 saturated heterocycles. The van der Waals surface area contributed by atoms with Gasteiger partial charge in [0.15, 0.2) is 0 Å². The lowest BCUT2D eigenvalue weighted by atomic mass is 9.69. The zero-order chi connectivity index (χ0) is 16.3. The van der Waals surface area contributed by atoms with Crippen molar-refractivity contribution in [1.82, 2.24) is 4.90 Å². The highest BCUT2D eigenvalue weighted by Gasteiger charge is 2.62. The molecule has 126 valence electrons. The predicted octanol–water partition coefficient (Wildman–Crippen LogP) is 2.31. The quantitative estimate of drug-likeness (QED) is 0.744. The fourth-order valence-corrected chi connectivity index (χ4v) is 5.97. The van der Waals surface area contributed by atoms with E-state index < -0.39 is 23.8 Å². The van der Waals surface area contributed by atoms with Gasteiger partial charge in [-0.05, 0) is 70.6 Å². The standard InChI is InChI=1S/C17H29NO4/c1-16(2,3)18(15(21)22)13(9-19)14(20)17-7-10-4-11(8-17)6-12(17)5-10/h10-14,19-20H,4-9H2,1-3H3,(H,21,22)/t10?,11?,12?,13-,14-,17?/m1/s1. The van der Waals surface area contributed by atoms with Gasteiger partial charge in [-0.25, -0.2) is 4.79 Å². The van der Waals surface area contributed by atoms with Crippen molar-refractivity contribution in [3.8, 4) is 0 Å². The average Bonchev–Trinajstić information content (AvgIpc) is 2.79. The van der Waals surface area contributed by atoms with Crippen LogP contribution in [0.2, 0.25) is 0 Å². The third-order valence-corrected chi connectivity index (χ3v) is 6.45. The van der Waals surface area contributed by atoms with Gasteiger partial charge in [0.1, 0.15) is 0 Å². The van der Waals surface area contributed by atoms with Crippen molar-refractivity contribution in [2.75, 3.05) is 6.61 Å². The first kappa shape index (κ1) is 16.1. The van der Waals surface area contributed by atoms with Crippen LogP contribution in [0.15, 0.2) is 0 Å². The molecule has 22 heavy (non-hydrogen) atoms. The summed E-state index contributed by atoms with van der Waals surface area (Å²) < 4.78 is 0. The van der Waals surface area contributed by atoms with Crippen LogP contribution in [0, 0.1) is 23.2 Å². The number of carboxylic acid groups (broad SMARTS) is 1. The fourth-order valence-electron chi connectivity index (χ4n) is 5.97. The Morgan fingerprint density at radius 2 is 1.77 bits per heavy atom. The molecular formula is C17H29NO4. The molecule has 0 aliphatic heterocycles. The number of nitrogens with zero attached hydrogens (tertiary/aromatic N) is 1. The first-order valence-electron chi connectivity index (χ1n) is 8.50. The van der Waals surface area contributed by atoms with Crippen molar-refractivity contribution in [3.05, 3.63) is 0 Å². The lowest BCUT2D eigenvalue weighted by Gasteiger charge is -2.47. The molecule has 0 heterocycles. The highest BCUT2D eigenvalue weighted by atomic mass is 16.4. The van der Waals surface area contributed by atoms with Crippen LogP contribution < -0.4 is 0 Å². The van der Waals surface area contributed by atoms with Crippen LogP contribution in [0.25, 0.3) is 0 Å². The van der Waals surface area contributed by atoms with Crippen LogP contribution in [0.1, 0.15) is 52.9 Å². The Morgan fingerprint density at radius 3 is 2.18 bits per heavy atom. The molecule has 4 aliphatic carbocycles. The minimum Gasteiger partial charge on any atom is -0.465 e. The van der Waals surface area contributed by atoms with Crippen LogP contribution in [-0.4, -0.2) is 50.6 Å². The van der Waals surface area contributed by atoms with Crippen LogP contribution in [0.5, 0.6) is 0 Å². The summed E-state index contributed by atoms with van der Waals surface area (Å²) in [6.07, 6.45) is 3.79. The maximum Gasteiger partial charge on any atom is 0.408 e. The van der Waals surface area contributed by atoms with Crippen LogP contribution in [0.4, 0.5) is 4.79 Å². The molecule has 0 spiro atoms. The Hall–Kier alpha value is -0.810. The van der Waals surface area contributed by atoms with Gasteiger partial charge in [0.05, 0.1) is 18.8 Å². The SMILES string of the molecule is CC(C)(C)N(C(=O)O)[C@H](CO)[C@@H](O)C12CC3CC(CC1C3)C2. The molecular weight excluding hydrogens is 282 g/mol. The smallest absolute Gasteiger partial charge is 0.408 e. The van der Waals surface area contributed by atoms with Gasteiger partial charge in [0.25, 0.3) is 0 Å². The Balaban J connectivity index is 1.89. The predicted molar refractivity (Wildman–Crippen MR) is 82.5 cm³/mol. The number of aliphatic hydroxyl groups is 2. The molecule has 4 saturated carbocycles. The zero-order valence-electron chi connectivity index (χ0n) is 13.8. The van der Waals surface area contributed by atoms with E-state index in [1.54, 1.807) is 0 Å². The highest BCUT2D eigenvalue weighted by Crippen LogP contribution is 2.67. The molecule has 4 bridgehead atoms. The first-order valence-corrected chi connectivity index (χ1v) is 8.50. The molecule has 0 aromatic rings. The Bertz CT molecular complexity index is 444. The summed E-state index contributed by atoms with van der Waals surface area (Å²) in [5.41, 5.74) is -0.813. The van der Waals surface area contributed by atoms with Gasteiger partial charge in [0, 0.05) is 11.0 Å². The molecule has 4 fully saturated rings. The second-order valence-corrected chi connectivity index (χ2v) is 8.80. The lowest BCUT2D eigenvalue weighted by Crippen LogP contribution is -2.60. The van der Waals surface area contributed by atoms with Gasteiger partial charge >= 0.3 is 6.09 Å². The molecule has 3 N–H and O–H groups in total. The van der Waals surface area contributed by atoms with E-state index in [4.69, 9.17) is 0 Å². The topological polar surface area (TPSA) is 81.0 Å². The molecule has 2 unspecified atom stereocenters. The molecule has 5 nitrogen and oxygen atoms in total. The average molecular weight is 311 g/mol. The summed E-state index contributed by atoms with van der Waals surface area (Å²) in [7, 11) is 0. The third kappa shape index (κ3) is 2.24. The molecule has 0 aromatic carbocycles. The third-order valence-electron chi connectivity index (χ3n) is 6.45. The van der Waals surface area contributed by atoms with Gasteiger partial charge in [-0.2, -0.15) is 0 Å². The van der Waals surface area contributed by atoms with E-state index in [1.807, 2.05) is 20.8 Å². The molecule has 4 aliphatic rings. The number of hydrogen-bond acceptors (Lipinski definition) is 3. The minimum atomic E-state index is -1.07. The van der Waals surface area contributed by atoms with Gasteiger partial charge in [-0.15, -0.1) is 0 Å². The van der Waals surface area contributed by atoms with Crippen molar-refractivity contribution in [2.45, 2.75) is 70.6 Å². The number of hydrogen-bond donors (Lipinski definition) is 3. The Labute approximate surface area is 132 Å². The van der Waals surface area contributed by atoms with E-state index in [0.29, 0.717) is 17.8 Å². The van der Waals surface area contributed by atoms with Crippen molar-refractivity contribution >= 4 is 6.09 Å². The van der Waals surface area contributed by atoms with E-state index in [0.717, 1.165) is 12.8 Å². The lowest BCUT2D eigenvalue weighted by molar-refractivity contribution is -0.0854. The number of carbonyl (C=O) groups is 1. The van der Waals surface area contributed by atoms with Gasteiger partial charge in [0.2, 0.25) is 0 Å². The monoisotopic (exact) mass is 311 g/mol. The number of rotatable bonds is 4. The van der Waals surface area contributed by atoms with Gasteiger partial charge in [-0.1, -0.05) is 0 Å². The molecule has 0 aromatic heterocycles. The minimum absolute atomic E-state index is 0.167. The van der Waals surface area contributed by atoms with Gasteiger partial charge < -0.3 is 15.3 Å². The summed E-state index contributed by atoms with van der Waals surface area (Å²) in [5, 5.41) is 30.6. The summed E-state index contributed by atoms with van der Waals surface area (Å²) in [6, 6.07) is -0.740. The zero-order valence-corrected chi connectivity index (χ0v) is 13.8. The Kier molecular flexibility index (Phi) is 3.72. The second-order valence-electron chi connectivity index (χ2n) is 8.80. The summed E-state index contributed by atoms with van der Waals surface area (Å²) in [6.45, 7) is 5.11. The molecule has 5 heteroatoms. The van der Waals surface area contributed by atoms with E-state index in [1.165, 1.54) is 24.2 Å². The van der Waals surface area contributed by atoms with Crippen LogP contribution in [-0.2, 0) is 0 Å². The van der Waals surface area contributed by atoms with E-state index in [-0.39, 0.29) is 12.0 Å². The van der Waals surface area contributed by atoms with E-state index >= 15 is 0 Å². The van der Waals surface area contributed by atoms with Crippen molar-refractivity contribution in [2.24, 2.45) is 23.2 Å². The second kappa shape index (κ2) is 5.10. The van der Waals surface area contributed by atoms with E-state index in [9.17, 15) is 20.1 Å². The summed E-state index contributed by atoms with van der Waals surface area (Å²) in [4.78, 5) is 13.0. The van der Waals surface area contributed by atoms with Crippen molar-refractivity contribution in [1.29, 1.82) is 0 Å². The largest absolute Gasteiger partial charge is 0.465 e. The fraction of sp³-hybridized carbons (Fsp3) is 0.941. The molecule has 1 amide bonds. The summed E-state index contributed by atoms with van der Waals surface area (Å²) >= 11 is 0. The normalized spacial score (nSPS) is 39.0. The van der Waals surface area contributed by atoms with Gasteiger partial charge in [-0.3, -0.25) is 4.90 Å². The molecule has 0 radical (unpaired) electrons. The van der Waals surface area contributed by atoms with E-state index in [2.05, 4.69) is 0 Å². The van der Waals surface area contributed by atoms with Crippen LogP contribution >= 0.6 is 0 Å². The first-order chi connectivity index (χ1) is 10.2.